The second-order valence-corrected chi connectivity index (χ2v) is 6.35. The Hall–Kier alpha value is -0.670. The molecule has 3 heteroatoms. The van der Waals surface area contributed by atoms with Crippen molar-refractivity contribution in [1.82, 2.24) is 0 Å². The Bertz CT molecular complexity index is 361. The highest BCUT2D eigenvalue weighted by molar-refractivity contribution is 7.85. The molecule has 3 unspecified atom stereocenters. The molecule has 17 heavy (non-hydrogen) atoms. The minimum absolute atomic E-state index is 0.111. The zero-order valence-electron chi connectivity index (χ0n) is 11.0. The van der Waals surface area contributed by atoms with Gasteiger partial charge in [-0.1, -0.05) is 50.1 Å². The van der Waals surface area contributed by atoms with Crippen molar-refractivity contribution in [3.63, 3.8) is 0 Å². The molecule has 0 saturated heterocycles. The number of aryl methyl sites for hydroxylation is 1. The molecule has 0 aliphatic rings. The summed E-state index contributed by atoms with van der Waals surface area (Å²) in [7, 11) is -0.811. The van der Waals surface area contributed by atoms with Crippen LogP contribution in [0.25, 0.3) is 0 Å². The topological polar surface area (TPSA) is 43.1 Å². The van der Waals surface area contributed by atoms with E-state index in [0.29, 0.717) is 11.7 Å². The van der Waals surface area contributed by atoms with Gasteiger partial charge in [-0.15, -0.1) is 0 Å². The van der Waals surface area contributed by atoms with Gasteiger partial charge in [-0.2, -0.15) is 0 Å². The van der Waals surface area contributed by atoms with Crippen molar-refractivity contribution in [2.75, 3.05) is 11.5 Å². The Labute approximate surface area is 107 Å². The highest BCUT2D eigenvalue weighted by atomic mass is 32.2. The van der Waals surface area contributed by atoms with Crippen LogP contribution < -0.4 is 5.73 Å². The summed E-state index contributed by atoms with van der Waals surface area (Å²) in [5.41, 5.74) is 8.37. The molecule has 0 fully saturated rings. The lowest BCUT2D eigenvalue weighted by Gasteiger charge is -2.14. The molecular weight excluding hydrogens is 230 g/mol. The van der Waals surface area contributed by atoms with Crippen molar-refractivity contribution in [3.8, 4) is 0 Å². The first-order valence-electron chi connectivity index (χ1n) is 6.20. The number of hydrogen-bond donors (Lipinski definition) is 1. The summed E-state index contributed by atoms with van der Waals surface area (Å²) in [4.78, 5) is 0. The monoisotopic (exact) mass is 253 g/mol. The number of benzene rings is 1. The van der Waals surface area contributed by atoms with Crippen molar-refractivity contribution in [2.24, 2.45) is 11.7 Å². The van der Waals surface area contributed by atoms with Gasteiger partial charge in [-0.05, 0) is 18.4 Å². The molecule has 0 saturated carbocycles. The maximum atomic E-state index is 11.9. The molecule has 96 valence electrons. The van der Waals surface area contributed by atoms with Crippen LogP contribution in [0.2, 0.25) is 0 Å². The van der Waals surface area contributed by atoms with E-state index >= 15 is 0 Å². The first-order valence-corrected chi connectivity index (χ1v) is 7.68. The molecule has 0 heterocycles. The molecule has 1 aromatic carbocycles. The molecule has 1 rings (SSSR count). The van der Waals surface area contributed by atoms with Crippen molar-refractivity contribution in [2.45, 2.75) is 33.2 Å². The number of rotatable bonds is 6. The van der Waals surface area contributed by atoms with Gasteiger partial charge < -0.3 is 5.73 Å². The fourth-order valence-electron chi connectivity index (χ4n) is 1.61. The molecule has 0 amide bonds. The molecule has 1 aromatic rings. The van der Waals surface area contributed by atoms with Crippen molar-refractivity contribution >= 4 is 10.8 Å². The minimum atomic E-state index is -0.811. The van der Waals surface area contributed by atoms with E-state index in [0.717, 1.165) is 17.7 Å². The van der Waals surface area contributed by atoms with Crippen LogP contribution in [0.5, 0.6) is 0 Å². The molecule has 0 radical (unpaired) electrons. The third kappa shape index (κ3) is 5.00. The average molecular weight is 253 g/mol. The largest absolute Gasteiger partial charge is 0.323 e. The molecule has 0 aromatic heterocycles. The van der Waals surface area contributed by atoms with Gasteiger partial charge in [-0.25, -0.2) is 0 Å². The molecule has 0 bridgehead atoms. The lowest BCUT2D eigenvalue weighted by atomic mass is 10.1. The van der Waals surface area contributed by atoms with E-state index in [-0.39, 0.29) is 6.04 Å². The molecule has 0 aliphatic heterocycles. The van der Waals surface area contributed by atoms with E-state index in [9.17, 15) is 4.21 Å². The summed E-state index contributed by atoms with van der Waals surface area (Å²) < 4.78 is 11.9. The summed E-state index contributed by atoms with van der Waals surface area (Å²) in [6.07, 6.45) is 1.07. The Balaban J connectivity index is 2.51. The lowest BCUT2D eigenvalue weighted by molar-refractivity contribution is 0.612. The van der Waals surface area contributed by atoms with Gasteiger partial charge in [0.25, 0.3) is 0 Å². The summed E-state index contributed by atoms with van der Waals surface area (Å²) in [6, 6.07) is 8.04. The maximum Gasteiger partial charge on any atom is 0.0428 e. The lowest BCUT2D eigenvalue weighted by Crippen LogP contribution is -2.21. The van der Waals surface area contributed by atoms with Gasteiger partial charge in [-0.3, -0.25) is 4.21 Å². The molecule has 2 nitrogen and oxygen atoms in total. The average Bonchev–Trinajstić information content (AvgIpc) is 2.29. The Morgan fingerprint density at radius 3 is 2.35 bits per heavy atom. The van der Waals surface area contributed by atoms with Crippen LogP contribution >= 0.6 is 0 Å². The molecule has 2 N–H and O–H groups in total. The molecule has 3 atom stereocenters. The first-order chi connectivity index (χ1) is 8.02. The predicted molar refractivity (Wildman–Crippen MR) is 75.4 cm³/mol. The zero-order valence-corrected chi connectivity index (χ0v) is 11.8. The Morgan fingerprint density at radius 1 is 1.24 bits per heavy atom. The Morgan fingerprint density at radius 2 is 1.82 bits per heavy atom. The highest BCUT2D eigenvalue weighted by Crippen LogP contribution is 2.14. The van der Waals surface area contributed by atoms with Crippen LogP contribution in [0.1, 0.15) is 37.4 Å². The van der Waals surface area contributed by atoms with E-state index in [1.807, 2.05) is 24.3 Å². The van der Waals surface area contributed by atoms with E-state index in [4.69, 9.17) is 5.73 Å². The van der Waals surface area contributed by atoms with Crippen molar-refractivity contribution < 1.29 is 4.21 Å². The highest BCUT2D eigenvalue weighted by Gasteiger charge is 2.12. The van der Waals surface area contributed by atoms with E-state index < -0.39 is 10.8 Å². The van der Waals surface area contributed by atoms with Crippen molar-refractivity contribution in [1.29, 1.82) is 0 Å². The summed E-state index contributed by atoms with van der Waals surface area (Å²) in [6.45, 7) is 6.31. The fraction of sp³-hybridized carbons (Fsp3) is 0.571. The molecule has 0 aliphatic carbocycles. The van der Waals surface area contributed by atoms with Gasteiger partial charge >= 0.3 is 0 Å². The van der Waals surface area contributed by atoms with Gasteiger partial charge in [0, 0.05) is 28.3 Å². The van der Waals surface area contributed by atoms with Crippen LogP contribution in [0, 0.1) is 12.8 Å². The normalized spacial score (nSPS) is 16.5. The van der Waals surface area contributed by atoms with Gasteiger partial charge in [0.05, 0.1) is 0 Å². The second-order valence-electron chi connectivity index (χ2n) is 4.80. The molecule has 0 spiro atoms. The predicted octanol–water partition coefficient (Wildman–Crippen LogP) is 2.79. The smallest absolute Gasteiger partial charge is 0.0428 e. The minimum Gasteiger partial charge on any atom is -0.323 e. The van der Waals surface area contributed by atoms with Crippen LogP contribution in [-0.4, -0.2) is 15.7 Å². The van der Waals surface area contributed by atoms with E-state index in [1.165, 1.54) is 5.56 Å². The van der Waals surface area contributed by atoms with Gasteiger partial charge in [0.15, 0.2) is 0 Å². The summed E-state index contributed by atoms with van der Waals surface area (Å²) in [5.74, 6) is 1.84. The maximum absolute atomic E-state index is 11.9. The van der Waals surface area contributed by atoms with Crippen LogP contribution in [-0.2, 0) is 10.8 Å². The van der Waals surface area contributed by atoms with Crippen molar-refractivity contribution in [3.05, 3.63) is 35.4 Å². The van der Waals surface area contributed by atoms with E-state index in [1.54, 1.807) is 0 Å². The van der Waals surface area contributed by atoms with Crippen LogP contribution in [0.3, 0.4) is 0 Å². The number of nitrogens with two attached hydrogens (primary N) is 1. The van der Waals surface area contributed by atoms with Crippen LogP contribution in [0.15, 0.2) is 24.3 Å². The first kappa shape index (κ1) is 14.4. The second kappa shape index (κ2) is 6.92. The fourth-order valence-corrected chi connectivity index (χ4v) is 3.21. The summed E-state index contributed by atoms with van der Waals surface area (Å²) in [5, 5.41) is 0. The molecular formula is C14H23NOS. The van der Waals surface area contributed by atoms with Gasteiger partial charge in [0.2, 0.25) is 0 Å². The quantitative estimate of drug-likeness (QED) is 0.847. The van der Waals surface area contributed by atoms with E-state index in [2.05, 4.69) is 20.8 Å². The SMILES string of the molecule is CCC(C)CS(=O)CC(N)c1ccc(C)cc1. The van der Waals surface area contributed by atoms with Crippen LogP contribution in [0.4, 0.5) is 0 Å². The third-order valence-electron chi connectivity index (χ3n) is 3.04. The number of hydrogen-bond acceptors (Lipinski definition) is 2. The summed E-state index contributed by atoms with van der Waals surface area (Å²) >= 11 is 0. The standard InChI is InChI=1S/C14H23NOS/c1-4-11(2)9-17(16)10-14(15)13-7-5-12(3)6-8-13/h5-8,11,14H,4,9-10,15H2,1-3H3. The van der Waals surface area contributed by atoms with Gasteiger partial charge in [0.1, 0.15) is 0 Å². The zero-order chi connectivity index (χ0) is 12.8. The third-order valence-corrected chi connectivity index (χ3v) is 4.71. The Kier molecular flexibility index (Phi) is 5.86.